The summed E-state index contributed by atoms with van der Waals surface area (Å²) in [4.78, 5) is 11.6. The molecule has 0 radical (unpaired) electrons. The molecule has 0 saturated carbocycles. The first kappa shape index (κ1) is 13.6. The van der Waals surface area contributed by atoms with E-state index in [1.165, 1.54) is 23.1 Å². The maximum Gasteiger partial charge on any atom is 0.246 e. The van der Waals surface area contributed by atoms with Gasteiger partial charge in [-0.15, -0.1) is 5.10 Å². The Kier molecular flexibility index (Phi) is 4.36. The molecule has 7 nitrogen and oxygen atoms in total. The highest BCUT2D eigenvalue weighted by atomic mass is 19.1. The lowest BCUT2D eigenvalue weighted by Crippen LogP contribution is -2.19. The molecule has 2 rings (SSSR count). The number of tetrazole rings is 1. The molecular formula is C12H10FN5O2. The van der Waals surface area contributed by atoms with Gasteiger partial charge in [0.15, 0.2) is 0 Å². The molecule has 0 aliphatic carbocycles. The molecule has 0 saturated heterocycles. The number of carbonyl (C=O) groups excluding carboxylic acids is 1. The Morgan fingerprint density at radius 3 is 3.00 bits per heavy atom. The fourth-order valence-corrected chi connectivity index (χ4v) is 1.43. The molecule has 20 heavy (non-hydrogen) atoms. The number of nitrogens with one attached hydrogen (secondary N) is 1. The van der Waals surface area contributed by atoms with Crippen LogP contribution in [0.2, 0.25) is 0 Å². The summed E-state index contributed by atoms with van der Waals surface area (Å²) in [6.45, 7) is -0.412. The van der Waals surface area contributed by atoms with Crippen LogP contribution in [-0.2, 0) is 11.3 Å². The van der Waals surface area contributed by atoms with Crippen LogP contribution in [0, 0.1) is 17.7 Å². The van der Waals surface area contributed by atoms with Crippen LogP contribution in [0.5, 0.6) is 0 Å². The largest absolute Gasteiger partial charge is 0.384 e. The van der Waals surface area contributed by atoms with Crippen LogP contribution in [0.4, 0.5) is 10.1 Å². The normalized spacial score (nSPS) is 9.70. The molecule has 0 aliphatic heterocycles. The Bertz CT molecular complexity index is 660. The van der Waals surface area contributed by atoms with E-state index in [4.69, 9.17) is 5.11 Å². The van der Waals surface area contributed by atoms with Crippen molar-refractivity contribution >= 4 is 11.6 Å². The van der Waals surface area contributed by atoms with Gasteiger partial charge in [0, 0.05) is 5.69 Å². The van der Waals surface area contributed by atoms with E-state index in [1.54, 1.807) is 0 Å². The van der Waals surface area contributed by atoms with Crippen LogP contribution >= 0.6 is 0 Å². The van der Waals surface area contributed by atoms with E-state index in [1.807, 2.05) is 0 Å². The van der Waals surface area contributed by atoms with Crippen molar-refractivity contribution in [3.8, 4) is 11.8 Å². The number of halogens is 1. The number of rotatable bonds is 3. The van der Waals surface area contributed by atoms with Gasteiger partial charge in [-0.05, 0) is 28.6 Å². The third-order valence-corrected chi connectivity index (χ3v) is 2.25. The molecule has 8 heteroatoms. The maximum absolute atomic E-state index is 13.6. The van der Waals surface area contributed by atoms with Gasteiger partial charge in [-0.3, -0.25) is 4.79 Å². The topological polar surface area (TPSA) is 92.9 Å². The van der Waals surface area contributed by atoms with E-state index in [9.17, 15) is 9.18 Å². The molecule has 102 valence electrons. The lowest BCUT2D eigenvalue weighted by Gasteiger charge is -2.05. The molecular weight excluding hydrogens is 265 g/mol. The lowest BCUT2D eigenvalue weighted by molar-refractivity contribution is -0.116. The van der Waals surface area contributed by atoms with Crippen LogP contribution < -0.4 is 5.32 Å². The standard InChI is InChI=1S/C12H10FN5O2/c13-11-6-10(4-3-9(11)2-1-5-19)15-12(20)7-18-8-14-16-17-18/h3-4,6,8,19H,5,7H2,(H,15,20). The van der Waals surface area contributed by atoms with Crippen LogP contribution in [0.25, 0.3) is 0 Å². The van der Waals surface area contributed by atoms with E-state index in [2.05, 4.69) is 32.7 Å². The molecule has 0 bridgehead atoms. The van der Waals surface area contributed by atoms with Gasteiger partial charge in [0.05, 0.1) is 5.56 Å². The van der Waals surface area contributed by atoms with E-state index in [-0.39, 0.29) is 24.6 Å². The first-order chi connectivity index (χ1) is 9.69. The Balaban J connectivity index is 2.03. The van der Waals surface area contributed by atoms with Gasteiger partial charge >= 0.3 is 0 Å². The number of aliphatic hydroxyl groups is 1. The monoisotopic (exact) mass is 275 g/mol. The number of anilines is 1. The average molecular weight is 275 g/mol. The number of amides is 1. The Morgan fingerprint density at radius 1 is 1.50 bits per heavy atom. The molecule has 2 N–H and O–H groups in total. The maximum atomic E-state index is 13.6. The van der Waals surface area contributed by atoms with Gasteiger partial charge < -0.3 is 10.4 Å². The molecule has 1 aromatic heterocycles. The van der Waals surface area contributed by atoms with E-state index in [0.29, 0.717) is 5.69 Å². The molecule has 0 atom stereocenters. The summed E-state index contributed by atoms with van der Waals surface area (Å²) < 4.78 is 14.9. The van der Waals surface area contributed by atoms with Crippen LogP contribution in [0.3, 0.4) is 0 Å². The van der Waals surface area contributed by atoms with Gasteiger partial charge in [-0.25, -0.2) is 9.07 Å². The summed E-state index contributed by atoms with van der Waals surface area (Å²) in [5, 5.41) is 21.4. The number of hydrogen-bond acceptors (Lipinski definition) is 5. The van der Waals surface area contributed by atoms with Crippen molar-refractivity contribution in [1.82, 2.24) is 20.2 Å². The molecule has 0 spiro atoms. The summed E-state index contributed by atoms with van der Waals surface area (Å²) in [5.41, 5.74) is 0.452. The smallest absolute Gasteiger partial charge is 0.246 e. The van der Waals surface area contributed by atoms with E-state index < -0.39 is 5.82 Å². The predicted octanol–water partition coefficient (Wildman–Crippen LogP) is -0.205. The van der Waals surface area contributed by atoms with Crippen LogP contribution in [-0.4, -0.2) is 37.8 Å². The van der Waals surface area contributed by atoms with E-state index in [0.717, 1.165) is 6.07 Å². The second-order valence-corrected chi connectivity index (χ2v) is 3.71. The summed E-state index contributed by atoms with van der Waals surface area (Å²) in [6, 6.07) is 4.09. The van der Waals surface area contributed by atoms with Gasteiger partial charge in [-0.1, -0.05) is 11.8 Å². The summed E-state index contributed by atoms with van der Waals surface area (Å²) in [7, 11) is 0. The Labute approximate surface area is 113 Å². The molecule has 1 aromatic carbocycles. The zero-order valence-electron chi connectivity index (χ0n) is 10.2. The van der Waals surface area contributed by atoms with Crippen molar-refractivity contribution in [2.45, 2.75) is 6.54 Å². The highest BCUT2D eigenvalue weighted by Crippen LogP contribution is 2.13. The molecule has 1 heterocycles. The van der Waals surface area contributed by atoms with Gasteiger partial charge in [0.1, 0.15) is 25.3 Å². The lowest BCUT2D eigenvalue weighted by atomic mass is 10.2. The number of hydrogen-bond donors (Lipinski definition) is 2. The Morgan fingerprint density at radius 2 is 2.35 bits per heavy atom. The number of nitrogens with zero attached hydrogens (tertiary/aromatic N) is 4. The molecule has 0 aliphatic rings. The number of aliphatic hydroxyl groups excluding tert-OH is 1. The van der Waals surface area contributed by atoms with Crippen molar-refractivity contribution in [1.29, 1.82) is 0 Å². The minimum atomic E-state index is -0.578. The van der Waals surface area contributed by atoms with Crippen molar-refractivity contribution in [2.75, 3.05) is 11.9 Å². The summed E-state index contributed by atoms with van der Waals surface area (Å²) >= 11 is 0. The molecule has 0 unspecified atom stereocenters. The second kappa shape index (κ2) is 6.40. The third-order valence-electron chi connectivity index (χ3n) is 2.25. The SMILES string of the molecule is O=C(Cn1cnnn1)Nc1ccc(C#CCO)c(F)c1. The van der Waals surface area contributed by atoms with Crippen LogP contribution in [0.1, 0.15) is 5.56 Å². The quantitative estimate of drug-likeness (QED) is 0.756. The minimum absolute atomic E-state index is 0.0688. The van der Waals surface area contributed by atoms with Gasteiger partial charge in [-0.2, -0.15) is 0 Å². The molecule has 0 fully saturated rings. The van der Waals surface area contributed by atoms with Crippen molar-refractivity contribution in [2.24, 2.45) is 0 Å². The van der Waals surface area contributed by atoms with Gasteiger partial charge in [0.25, 0.3) is 0 Å². The minimum Gasteiger partial charge on any atom is -0.384 e. The highest BCUT2D eigenvalue weighted by Gasteiger charge is 2.07. The number of carbonyl (C=O) groups is 1. The first-order valence-electron chi connectivity index (χ1n) is 5.59. The van der Waals surface area contributed by atoms with Crippen LogP contribution in [0.15, 0.2) is 24.5 Å². The zero-order valence-corrected chi connectivity index (χ0v) is 10.2. The second-order valence-electron chi connectivity index (χ2n) is 3.71. The third kappa shape index (κ3) is 3.60. The fraction of sp³-hybridized carbons (Fsp3) is 0.167. The van der Waals surface area contributed by atoms with Gasteiger partial charge in [0.2, 0.25) is 5.91 Å². The predicted molar refractivity (Wildman–Crippen MR) is 66.8 cm³/mol. The molecule has 1 amide bonds. The summed E-state index contributed by atoms with van der Waals surface area (Å²) in [6.07, 6.45) is 1.30. The molecule has 2 aromatic rings. The number of aromatic nitrogens is 4. The van der Waals surface area contributed by atoms with E-state index >= 15 is 0 Å². The fourth-order valence-electron chi connectivity index (χ4n) is 1.43. The summed E-state index contributed by atoms with van der Waals surface area (Å²) in [5.74, 6) is 3.85. The first-order valence-corrected chi connectivity index (χ1v) is 5.59. The Hall–Kier alpha value is -2.79. The van der Waals surface area contributed by atoms with Crippen molar-refractivity contribution < 1.29 is 14.3 Å². The van der Waals surface area contributed by atoms with Crippen molar-refractivity contribution in [3.05, 3.63) is 35.9 Å². The zero-order chi connectivity index (χ0) is 14.4. The number of benzene rings is 1. The average Bonchev–Trinajstić information content (AvgIpc) is 2.90. The highest BCUT2D eigenvalue weighted by molar-refractivity contribution is 5.90. The van der Waals surface area contributed by atoms with Crippen molar-refractivity contribution in [3.63, 3.8) is 0 Å².